The second kappa shape index (κ2) is 7.45. The van der Waals surface area contributed by atoms with Crippen molar-refractivity contribution in [3.05, 3.63) is 76.0 Å². The fraction of sp³-hybridized carbons (Fsp3) is 0.0556. The number of rotatable bonds is 5. The molecule has 0 fully saturated rings. The minimum Gasteiger partial charge on any atom is -0.347 e. The average molecular weight is 446 g/mol. The highest BCUT2D eigenvalue weighted by Crippen LogP contribution is 2.18. The molecule has 0 radical (unpaired) electrons. The van der Waals surface area contributed by atoms with Crippen molar-refractivity contribution >= 4 is 44.2 Å². The first-order valence-electron chi connectivity index (χ1n) is 7.95. The largest absolute Gasteiger partial charge is 0.347 e. The van der Waals surface area contributed by atoms with Crippen molar-refractivity contribution < 1.29 is 9.18 Å². The molecule has 0 saturated carbocycles. The second-order valence-electron chi connectivity index (χ2n) is 5.69. The number of benzene rings is 1. The number of hydrogen-bond acceptors (Lipinski definition) is 4. The van der Waals surface area contributed by atoms with Crippen LogP contribution in [-0.2, 0) is 11.3 Å². The van der Waals surface area contributed by atoms with Gasteiger partial charge in [0.2, 0.25) is 5.91 Å². The van der Waals surface area contributed by atoms with Crippen LogP contribution < -0.4 is 5.32 Å². The van der Waals surface area contributed by atoms with Gasteiger partial charge < -0.3 is 5.32 Å². The highest BCUT2D eigenvalue weighted by Gasteiger charge is 2.07. The summed E-state index contributed by atoms with van der Waals surface area (Å²) < 4.78 is 18.4. The van der Waals surface area contributed by atoms with E-state index in [9.17, 15) is 9.18 Å². The number of thiazole rings is 1. The Hall–Kier alpha value is -2.78. The standard InChI is InChI=1S/C18H13BrFN5OS/c19-13-8-22-25(10-13)16-3-1-12(7-15(16)20)2-4-17(26)21-9-14-11-24-5-6-27-18(24)23-14/h1-8,10-11H,9H2,(H,21,26)/b4-2+. The lowest BCUT2D eigenvalue weighted by molar-refractivity contribution is -0.116. The molecule has 0 unspecified atom stereocenters. The molecule has 136 valence electrons. The number of fused-ring (bicyclic) bond motifs is 1. The number of halogens is 2. The van der Waals surface area contributed by atoms with Crippen LogP contribution in [0.4, 0.5) is 4.39 Å². The lowest BCUT2D eigenvalue weighted by Crippen LogP contribution is -2.20. The summed E-state index contributed by atoms with van der Waals surface area (Å²) >= 11 is 4.81. The summed E-state index contributed by atoms with van der Waals surface area (Å²) in [4.78, 5) is 17.3. The van der Waals surface area contributed by atoms with Crippen LogP contribution in [0.2, 0.25) is 0 Å². The normalized spacial score (nSPS) is 11.5. The fourth-order valence-electron chi connectivity index (χ4n) is 2.51. The lowest BCUT2D eigenvalue weighted by Gasteiger charge is -2.04. The molecule has 0 spiro atoms. The van der Waals surface area contributed by atoms with Crippen LogP contribution in [-0.4, -0.2) is 25.1 Å². The Bertz CT molecular complexity index is 1120. The maximum Gasteiger partial charge on any atom is 0.244 e. The number of aromatic nitrogens is 4. The Kier molecular flexibility index (Phi) is 4.87. The van der Waals surface area contributed by atoms with Crippen molar-refractivity contribution in [3.8, 4) is 5.69 Å². The fourth-order valence-corrected chi connectivity index (χ4v) is 3.52. The summed E-state index contributed by atoms with van der Waals surface area (Å²) in [5, 5.41) is 8.77. The van der Waals surface area contributed by atoms with E-state index in [-0.39, 0.29) is 5.91 Å². The van der Waals surface area contributed by atoms with Gasteiger partial charge in [-0.3, -0.25) is 9.20 Å². The summed E-state index contributed by atoms with van der Waals surface area (Å²) in [7, 11) is 0. The molecule has 1 amide bonds. The summed E-state index contributed by atoms with van der Waals surface area (Å²) in [5.41, 5.74) is 1.70. The van der Waals surface area contributed by atoms with Crippen molar-refractivity contribution in [1.29, 1.82) is 0 Å². The average Bonchev–Trinajstić information content (AvgIpc) is 3.34. The van der Waals surface area contributed by atoms with E-state index in [1.54, 1.807) is 30.6 Å². The smallest absolute Gasteiger partial charge is 0.244 e. The number of hydrogen-bond donors (Lipinski definition) is 1. The predicted molar refractivity (Wildman–Crippen MR) is 105 cm³/mol. The molecule has 3 aromatic heterocycles. The van der Waals surface area contributed by atoms with Gasteiger partial charge in [0.25, 0.3) is 0 Å². The quantitative estimate of drug-likeness (QED) is 0.475. The van der Waals surface area contributed by atoms with Crippen LogP contribution in [0.1, 0.15) is 11.3 Å². The molecule has 1 N–H and O–H groups in total. The Morgan fingerprint density at radius 3 is 3.00 bits per heavy atom. The zero-order chi connectivity index (χ0) is 18.8. The first-order valence-corrected chi connectivity index (χ1v) is 9.63. The van der Waals surface area contributed by atoms with Gasteiger partial charge in [0.1, 0.15) is 11.5 Å². The second-order valence-corrected chi connectivity index (χ2v) is 7.48. The topological polar surface area (TPSA) is 64.2 Å². The molecular weight excluding hydrogens is 433 g/mol. The zero-order valence-corrected chi connectivity index (χ0v) is 16.2. The van der Waals surface area contributed by atoms with Crippen LogP contribution in [0.5, 0.6) is 0 Å². The van der Waals surface area contributed by atoms with Crippen LogP contribution in [0.15, 0.2) is 58.9 Å². The van der Waals surface area contributed by atoms with E-state index in [0.717, 1.165) is 15.1 Å². The maximum absolute atomic E-state index is 14.3. The molecule has 4 aromatic rings. The van der Waals surface area contributed by atoms with E-state index >= 15 is 0 Å². The third-order valence-electron chi connectivity index (χ3n) is 3.78. The van der Waals surface area contributed by atoms with Crippen molar-refractivity contribution in [2.45, 2.75) is 6.54 Å². The number of carbonyl (C=O) groups excluding carboxylic acids is 1. The van der Waals surface area contributed by atoms with Gasteiger partial charge in [-0.2, -0.15) is 5.10 Å². The van der Waals surface area contributed by atoms with E-state index in [4.69, 9.17) is 0 Å². The Balaban J connectivity index is 1.39. The minimum atomic E-state index is -0.425. The van der Waals surface area contributed by atoms with Crippen molar-refractivity contribution in [2.75, 3.05) is 0 Å². The molecule has 0 aliphatic rings. The van der Waals surface area contributed by atoms with Gasteiger partial charge in [-0.15, -0.1) is 11.3 Å². The first kappa shape index (κ1) is 17.6. The van der Waals surface area contributed by atoms with E-state index in [0.29, 0.717) is 17.8 Å². The molecule has 27 heavy (non-hydrogen) atoms. The van der Waals surface area contributed by atoms with Gasteiger partial charge >= 0.3 is 0 Å². The molecule has 1 aromatic carbocycles. The number of amides is 1. The summed E-state index contributed by atoms with van der Waals surface area (Å²) in [6.45, 7) is 0.332. The highest BCUT2D eigenvalue weighted by molar-refractivity contribution is 9.10. The number of carbonyl (C=O) groups is 1. The molecule has 0 aliphatic heterocycles. The van der Waals surface area contributed by atoms with Crippen LogP contribution >= 0.6 is 27.3 Å². The molecule has 0 aliphatic carbocycles. The van der Waals surface area contributed by atoms with E-state index in [1.165, 1.54) is 28.2 Å². The molecule has 0 saturated heterocycles. The summed E-state index contributed by atoms with van der Waals surface area (Å²) in [5.74, 6) is -0.696. The van der Waals surface area contributed by atoms with Gasteiger partial charge in [0.15, 0.2) is 4.96 Å². The predicted octanol–water partition coefficient (Wildman–Crippen LogP) is 3.81. The molecule has 0 atom stereocenters. The van der Waals surface area contributed by atoms with Gasteiger partial charge in [-0.1, -0.05) is 6.07 Å². The van der Waals surface area contributed by atoms with Gasteiger partial charge in [0, 0.05) is 30.0 Å². The first-order chi connectivity index (χ1) is 13.1. The van der Waals surface area contributed by atoms with E-state index < -0.39 is 5.82 Å². The Morgan fingerprint density at radius 2 is 2.26 bits per heavy atom. The van der Waals surface area contributed by atoms with E-state index in [1.807, 2.05) is 22.2 Å². The molecule has 0 bridgehead atoms. The number of nitrogens with zero attached hydrogens (tertiary/aromatic N) is 4. The number of nitrogens with one attached hydrogen (secondary N) is 1. The van der Waals surface area contributed by atoms with Crippen LogP contribution in [0.3, 0.4) is 0 Å². The van der Waals surface area contributed by atoms with Gasteiger partial charge in [-0.05, 0) is 39.7 Å². The monoisotopic (exact) mass is 445 g/mol. The zero-order valence-electron chi connectivity index (χ0n) is 13.8. The van der Waals surface area contributed by atoms with Crippen LogP contribution in [0.25, 0.3) is 16.7 Å². The SMILES string of the molecule is O=C(/C=C/c1ccc(-n2cc(Br)cn2)c(F)c1)NCc1cn2ccsc2n1. The molecule has 9 heteroatoms. The Morgan fingerprint density at radius 1 is 1.37 bits per heavy atom. The third-order valence-corrected chi connectivity index (χ3v) is 4.96. The summed E-state index contributed by atoms with van der Waals surface area (Å²) in [6, 6.07) is 4.70. The van der Waals surface area contributed by atoms with Gasteiger partial charge in [-0.25, -0.2) is 14.1 Å². The molecular formula is C18H13BrFN5OS. The third kappa shape index (κ3) is 3.99. The number of imidazole rings is 1. The molecule has 3 heterocycles. The lowest BCUT2D eigenvalue weighted by atomic mass is 10.2. The van der Waals surface area contributed by atoms with Crippen LogP contribution in [0, 0.1) is 5.82 Å². The van der Waals surface area contributed by atoms with Gasteiger partial charge in [0.05, 0.1) is 22.9 Å². The highest BCUT2D eigenvalue weighted by atomic mass is 79.9. The van der Waals surface area contributed by atoms with Crippen molar-refractivity contribution in [1.82, 2.24) is 24.5 Å². The van der Waals surface area contributed by atoms with Crippen molar-refractivity contribution in [2.24, 2.45) is 0 Å². The van der Waals surface area contributed by atoms with E-state index in [2.05, 4.69) is 31.3 Å². The summed E-state index contributed by atoms with van der Waals surface area (Å²) in [6.07, 6.45) is 9.98. The Labute approximate surface area is 166 Å². The molecule has 4 rings (SSSR count). The molecule has 6 nitrogen and oxygen atoms in total. The minimum absolute atomic E-state index is 0.271. The maximum atomic E-state index is 14.3. The van der Waals surface area contributed by atoms with Crippen molar-refractivity contribution in [3.63, 3.8) is 0 Å².